The highest BCUT2D eigenvalue weighted by molar-refractivity contribution is 7.10. The Morgan fingerprint density at radius 1 is 1.47 bits per heavy atom. The van der Waals surface area contributed by atoms with E-state index in [4.69, 9.17) is 0 Å². The van der Waals surface area contributed by atoms with Crippen molar-refractivity contribution >= 4 is 17.2 Å². The third kappa shape index (κ3) is 2.90. The molecule has 1 amide bonds. The molecule has 1 aromatic heterocycles. The van der Waals surface area contributed by atoms with Gasteiger partial charge in [0.2, 0.25) is 5.91 Å². The first-order chi connectivity index (χ1) is 9.34. The molecule has 19 heavy (non-hydrogen) atoms. The number of nitrogens with one attached hydrogen (secondary N) is 2. The summed E-state index contributed by atoms with van der Waals surface area (Å²) >= 11 is 1.79. The molecule has 2 aliphatic rings. The summed E-state index contributed by atoms with van der Waals surface area (Å²) in [7, 11) is 0. The third-order valence-corrected chi connectivity index (χ3v) is 5.01. The van der Waals surface area contributed by atoms with Crippen LogP contribution < -0.4 is 10.6 Å². The van der Waals surface area contributed by atoms with Gasteiger partial charge in [-0.1, -0.05) is 11.6 Å². The van der Waals surface area contributed by atoms with E-state index < -0.39 is 0 Å². The maximum Gasteiger partial charge on any atom is 0.227 e. The molecule has 0 bridgehead atoms. The van der Waals surface area contributed by atoms with E-state index in [1.165, 1.54) is 16.0 Å². The van der Waals surface area contributed by atoms with E-state index in [0.29, 0.717) is 0 Å². The predicted octanol–water partition coefficient (Wildman–Crippen LogP) is 2.20. The van der Waals surface area contributed by atoms with Crippen molar-refractivity contribution in [1.82, 2.24) is 10.6 Å². The smallest absolute Gasteiger partial charge is 0.227 e. The van der Waals surface area contributed by atoms with Gasteiger partial charge in [0.05, 0.1) is 5.92 Å². The van der Waals surface area contributed by atoms with Gasteiger partial charge >= 0.3 is 0 Å². The van der Waals surface area contributed by atoms with Crippen LogP contribution in [-0.2, 0) is 11.2 Å². The quantitative estimate of drug-likeness (QED) is 0.831. The second-order valence-corrected chi connectivity index (χ2v) is 6.28. The molecule has 1 aliphatic carbocycles. The zero-order chi connectivity index (χ0) is 13.1. The van der Waals surface area contributed by atoms with Gasteiger partial charge in [0.25, 0.3) is 0 Å². The zero-order valence-electron chi connectivity index (χ0n) is 11.1. The van der Waals surface area contributed by atoms with Crippen LogP contribution in [0.15, 0.2) is 23.1 Å². The van der Waals surface area contributed by atoms with Crippen LogP contribution in [0, 0.1) is 0 Å². The van der Waals surface area contributed by atoms with E-state index in [9.17, 15) is 4.79 Å². The van der Waals surface area contributed by atoms with Crippen LogP contribution in [0.25, 0.3) is 0 Å². The summed E-state index contributed by atoms with van der Waals surface area (Å²) in [5, 5.41) is 8.53. The summed E-state index contributed by atoms with van der Waals surface area (Å²) in [5.41, 5.74) is 2.63. The normalized spacial score (nSPS) is 22.5. The van der Waals surface area contributed by atoms with Crippen LogP contribution in [0.3, 0.4) is 0 Å². The van der Waals surface area contributed by atoms with E-state index in [1.54, 1.807) is 11.3 Å². The number of amides is 1. The molecule has 1 aliphatic heterocycles. The number of aryl methyl sites for hydroxylation is 1. The molecular weight excluding hydrogens is 256 g/mol. The van der Waals surface area contributed by atoms with Crippen LogP contribution >= 0.6 is 11.3 Å². The predicted molar refractivity (Wildman–Crippen MR) is 78.6 cm³/mol. The molecule has 0 aromatic carbocycles. The highest BCUT2D eigenvalue weighted by Gasteiger charge is 2.27. The van der Waals surface area contributed by atoms with Crippen LogP contribution in [-0.4, -0.2) is 25.5 Å². The van der Waals surface area contributed by atoms with Crippen molar-refractivity contribution < 1.29 is 4.79 Å². The Hall–Kier alpha value is -1.13. The number of thiophene rings is 1. The van der Waals surface area contributed by atoms with Crippen LogP contribution in [0.5, 0.6) is 0 Å². The van der Waals surface area contributed by atoms with E-state index >= 15 is 0 Å². The molecule has 1 aromatic rings. The number of fused-ring (bicyclic) bond motifs is 1. The van der Waals surface area contributed by atoms with Gasteiger partial charge in [0.15, 0.2) is 0 Å². The van der Waals surface area contributed by atoms with Gasteiger partial charge in [-0.25, -0.2) is 0 Å². The lowest BCUT2D eigenvalue weighted by molar-refractivity contribution is -0.122. The van der Waals surface area contributed by atoms with Crippen molar-refractivity contribution in [3.8, 4) is 0 Å². The Kier molecular flexibility index (Phi) is 3.99. The van der Waals surface area contributed by atoms with Crippen LogP contribution in [0.1, 0.15) is 35.6 Å². The fourth-order valence-electron chi connectivity index (χ4n) is 2.91. The van der Waals surface area contributed by atoms with Gasteiger partial charge in [-0.15, -0.1) is 11.3 Å². The van der Waals surface area contributed by atoms with E-state index in [0.717, 1.165) is 45.3 Å². The van der Waals surface area contributed by atoms with Crippen LogP contribution in [0.4, 0.5) is 0 Å². The second kappa shape index (κ2) is 5.88. The van der Waals surface area contributed by atoms with E-state index in [1.807, 2.05) is 0 Å². The van der Waals surface area contributed by atoms with Gasteiger partial charge in [0.1, 0.15) is 0 Å². The molecule has 0 saturated carbocycles. The molecular formula is C15H20N2OS. The fraction of sp³-hybridized carbons (Fsp3) is 0.533. The maximum absolute atomic E-state index is 12.4. The molecule has 2 N–H and O–H groups in total. The molecule has 3 nitrogen and oxygen atoms in total. The summed E-state index contributed by atoms with van der Waals surface area (Å²) in [5.74, 6) is 0.288. The number of rotatable bonds is 3. The SMILES string of the molecule is O=C(NCC1=CCNCC1)C1CCCc2sccc21. The highest BCUT2D eigenvalue weighted by Crippen LogP contribution is 2.34. The van der Waals surface area contributed by atoms with E-state index in [2.05, 4.69) is 28.2 Å². The standard InChI is InChI=1S/C15H20N2OS/c18-15(17-10-11-4-7-16-8-5-11)13-2-1-3-14-12(13)6-9-19-14/h4,6,9,13,16H,1-3,5,7-8,10H2,(H,17,18). The average Bonchev–Trinajstić information content (AvgIpc) is 2.94. The fourth-order valence-corrected chi connectivity index (χ4v) is 3.90. The van der Waals surface area contributed by atoms with Gasteiger partial charge in [0, 0.05) is 18.0 Å². The first-order valence-corrected chi connectivity index (χ1v) is 7.95. The molecule has 3 rings (SSSR count). The van der Waals surface area contributed by atoms with Crippen molar-refractivity contribution in [3.05, 3.63) is 33.5 Å². The molecule has 2 heterocycles. The van der Waals surface area contributed by atoms with Gasteiger partial charge in [-0.05, 0) is 49.2 Å². The van der Waals surface area contributed by atoms with Gasteiger partial charge in [-0.2, -0.15) is 0 Å². The third-order valence-electron chi connectivity index (χ3n) is 4.02. The Balaban J connectivity index is 1.61. The molecule has 0 radical (unpaired) electrons. The number of hydrogen-bond donors (Lipinski definition) is 2. The lowest BCUT2D eigenvalue weighted by Gasteiger charge is -2.22. The Morgan fingerprint density at radius 2 is 2.42 bits per heavy atom. The number of carbonyl (C=O) groups is 1. The molecule has 4 heteroatoms. The number of hydrogen-bond acceptors (Lipinski definition) is 3. The Bertz CT molecular complexity index is 492. The van der Waals surface area contributed by atoms with Crippen molar-refractivity contribution in [2.75, 3.05) is 19.6 Å². The van der Waals surface area contributed by atoms with Crippen molar-refractivity contribution in [2.24, 2.45) is 0 Å². The molecule has 102 valence electrons. The lowest BCUT2D eigenvalue weighted by atomic mass is 9.87. The number of carbonyl (C=O) groups excluding carboxylic acids is 1. The summed E-state index contributed by atoms with van der Waals surface area (Å²) < 4.78 is 0. The van der Waals surface area contributed by atoms with Crippen LogP contribution in [0.2, 0.25) is 0 Å². The average molecular weight is 276 g/mol. The van der Waals surface area contributed by atoms with E-state index in [-0.39, 0.29) is 11.8 Å². The van der Waals surface area contributed by atoms with Crippen molar-refractivity contribution in [2.45, 2.75) is 31.6 Å². The highest BCUT2D eigenvalue weighted by atomic mass is 32.1. The Labute approximate surface area is 118 Å². The summed E-state index contributed by atoms with van der Waals surface area (Å²) in [6.07, 6.45) is 6.53. The summed E-state index contributed by atoms with van der Waals surface area (Å²) in [6, 6.07) is 2.13. The maximum atomic E-state index is 12.4. The topological polar surface area (TPSA) is 41.1 Å². The lowest BCUT2D eigenvalue weighted by Crippen LogP contribution is -2.34. The second-order valence-electron chi connectivity index (χ2n) is 5.28. The summed E-state index contributed by atoms with van der Waals surface area (Å²) in [4.78, 5) is 13.8. The summed E-state index contributed by atoms with van der Waals surface area (Å²) in [6.45, 7) is 2.68. The minimum atomic E-state index is 0.0808. The van der Waals surface area contributed by atoms with Crippen molar-refractivity contribution in [1.29, 1.82) is 0 Å². The molecule has 1 unspecified atom stereocenters. The van der Waals surface area contributed by atoms with Gasteiger partial charge in [-0.3, -0.25) is 4.79 Å². The Morgan fingerprint density at radius 3 is 3.26 bits per heavy atom. The zero-order valence-corrected chi connectivity index (χ0v) is 11.9. The first kappa shape index (κ1) is 12.9. The minimum absolute atomic E-state index is 0.0808. The van der Waals surface area contributed by atoms with Crippen molar-refractivity contribution in [3.63, 3.8) is 0 Å². The first-order valence-electron chi connectivity index (χ1n) is 7.07. The molecule has 0 spiro atoms. The minimum Gasteiger partial charge on any atom is -0.352 e. The monoisotopic (exact) mass is 276 g/mol. The largest absolute Gasteiger partial charge is 0.352 e. The molecule has 0 fully saturated rings. The molecule has 0 saturated heterocycles. The van der Waals surface area contributed by atoms with Gasteiger partial charge < -0.3 is 10.6 Å². The molecule has 1 atom stereocenters.